The molecule has 1 aromatic carbocycles. The molecule has 0 aliphatic heterocycles. The monoisotopic (exact) mass is 164 g/mol. The SMILES string of the molecule is NC(=O)OC[CH]c1ccccc1. The van der Waals surface area contributed by atoms with Gasteiger partial charge in [0.1, 0.15) is 6.61 Å². The number of nitrogens with two attached hydrogens (primary N) is 1. The maximum Gasteiger partial charge on any atom is 0.404 e. The quantitative estimate of drug-likeness (QED) is 0.732. The van der Waals surface area contributed by atoms with E-state index in [-0.39, 0.29) is 6.61 Å². The maximum absolute atomic E-state index is 10.2. The van der Waals surface area contributed by atoms with Crippen LogP contribution in [0, 0.1) is 6.42 Å². The lowest BCUT2D eigenvalue weighted by Crippen LogP contribution is -2.13. The molecular weight excluding hydrogens is 154 g/mol. The van der Waals surface area contributed by atoms with E-state index in [0.29, 0.717) is 0 Å². The molecule has 63 valence electrons. The Balaban J connectivity index is 2.29. The Hall–Kier alpha value is -1.51. The zero-order chi connectivity index (χ0) is 8.81. The average Bonchev–Trinajstić information content (AvgIpc) is 2.05. The average molecular weight is 164 g/mol. The molecule has 12 heavy (non-hydrogen) atoms. The third-order valence-corrected chi connectivity index (χ3v) is 1.34. The topological polar surface area (TPSA) is 52.3 Å². The third kappa shape index (κ3) is 3.05. The van der Waals surface area contributed by atoms with Crippen LogP contribution in [0.5, 0.6) is 0 Å². The highest BCUT2D eigenvalue weighted by Gasteiger charge is 1.94. The van der Waals surface area contributed by atoms with Crippen LogP contribution in [-0.4, -0.2) is 12.7 Å². The summed E-state index contributed by atoms with van der Waals surface area (Å²) in [5, 5.41) is 0. The van der Waals surface area contributed by atoms with Crippen molar-refractivity contribution in [2.75, 3.05) is 6.61 Å². The molecule has 0 atom stereocenters. The van der Waals surface area contributed by atoms with Crippen LogP contribution < -0.4 is 5.73 Å². The van der Waals surface area contributed by atoms with E-state index in [1.165, 1.54) is 0 Å². The van der Waals surface area contributed by atoms with Crippen molar-refractivity contribution in [3.8, 4) is 0 Å². The fourth-order valence-electron chi connectivity index (χ4n) is 0.809. The molecule has 1 aromatic rings. The van der Waals surface area contributed by atoms with E-state index in [4.69, 9.17) is 5.73 Å². The molecule has 0 heterocycles. The summed E-state index contributed by atoms with van der Waals surface area (Å²) in [6.45, 7) is 0.222. The van der Waals surface area contributed by atoms with Crippen LogP contribution in [0.15, 0.2) is 30.3 Å². The lowest BCUT2D eigenvalue weighted by Gasteiger charge is -2.00. The van der Waals surface area contributed by atoms with Gasteiger partial charge >= 0.3 is 6.09 Å². The highest BCUT2D eigenvalue weighted by molar-refractivity contribution is 5.64. The molecule has 1 radical (unpaired) electrons. The first-order chi connectivity index (χ1) is 5.79. The van der Waals surface area contributed by atoms with Gasteiger partial charge in [-0.2, -0.15) is 0 Å². The van der Waals surface area contributed by atoms with E-state index < -0.39 is 6.09 Å². The standard InChI is InChI=1S/C9H10NO2/c10-9(11)12-7-6-8-4-2-1-3-5-8/h1-6H,7H2,(H2,10,11). The Morgan fingerprint density at radius 2 is 2.08 bits per heavy atom. The fourth-order valence-corrected chi connectivity index (χ4v) is 0.809. The number of ether oxygens (including phenoxy) is 1. The smallest absolute Gasteiger partial charge is 0.404 e. The van der Waals surface area contributed by atoms with Gasteiger partial charge in [0, 0.05) is 6.42 Å². The summed E-state index contributed by atoms with van der Waals surface area (Å²) in [6, 6.07) is 9.59. The Kier molecular flexibility index (Phi) is 3.14. The summed E-state index contributed by atoms with van der Waals surface area (Å²) in [7, 11) is 0. The van der Waals surface area contributed by atoms with Gasteiger partial charge in [0.15, 0.2) is 0 Å². The van der Waals surface area contributed by atoms with Crippen LogP contribution >= 0.6 is 0 Å². The van der Waals surface area contributed by atoms with Gasteiger partial charge in [-0.3, -0.25) is 0 Å². The number of carbonyl (C=O) groups is 1. The lowest BCUT2D eigenvalue weighted by atomic mass is 10.2. The van der Waals surface area contributed by atoms with Crippen molar-refractivity contribution in [2.45, 2.75) is 0 Å². The molecule has 0 fully saturated rings. The minimum atomic E-state index is -0.748. The molecule has 0 unspecified atom stereocenters. The van der Waals surface area contributed by atoms with Crippen LogP contribution in [0.2, 0.25) is 0 Å². The predicted octanol–water partition coefficient (Wildman–Crippen LogP) is 1.33. The van der Waals surface area contributed by atoms with E-state index in [0.717, 1.165) is 5.56 Å². The minimum absolute atomic E-state index is 0.222. The summed E-state index contributed by atoms with van der Waals surface area (Å²) < 4.78 is 4.53. The van der Waals surface area contributed by atoms with Gasteiger partial charge in [-0.25, -0.2) is 4.79 Å². The summed E-state index contributed by atoms with van der Waals surface area (Å²) in [5.74, 6) is 0. The van der Waals surface area contributed by atoms with Gasteiger partial charge < -0.3 is 10.5 Å². The third-order valence-electron chi connectivity index (χ3n) is 1.34. The minimum Gasteiger partial charge on any atom is -0.449 e. The van der Waals surface area contributed by atoms with Crippen molar-refractivity contribution in [3.05, 3.63) is 42.3 Å². The van der Waals surface area contributed by atoms with Crippen molar-refractivity contribution in [1.82, 2.24) is 0 Å². The van der Waals surface area contributed by atoms with Gasteiger partial charge in [0.05, 0.1) is 0 Å². The Morgan fingerprint density at radius 3 is 2.67 bits per heavy atom. The van der Waals surface area contributed by atoms with E-state index in [2.05, 4.69) is 4.74 Å². The molecule has 0 aliphatic rings. The Labute approximate surface area is 71.1 Å². The fraction of sp³-hybridized carbons (Fsp3) is 0.111. The highest BCUT2D eigenvalue weighted by Crippen LogP contribution is 2.01. The maximum atomic E-state index is 10.2. The first-order valence-electron chi connectivity index (χ1n) is 3.59. The van der Waals surface area contributed by atoms with Gasteiger partial charge in [0.2, 0.25) is 0 Å². The highest BCUT2D eigenvalue weighted by atomic mass is 16.5. The van der Waals surface area contributed by atoms with Gasteiger partial charge in [-0.05, 0) is 5.56 Å². The van der Waals surface area contributed by atoms with Crippen molar-refractivity contribution < 1.29 is 9.53 Å². The first kappa shape index (κ1) is 8.59. The second-order valence-electron chi connectivity index (χ2n) is 2.24. The normalized spacial score (nSPS) is 9.33. The molecular formula is C9H10NO2. The van der Waals surface area contributed by atoms with Crippen LogP contribution in [0.1, 0.15) is 5.56 Å². The second-order valence-corrected chi connectivity index (χ2v) is 2.24. The van der Waals surface area contributed by atoms with Gasteiger partial charge in [0.25, 0.3) is 0 Å². The zero-order valence-corrected chi connectivity index (χ0v) is 6.57. The summed E-state index contributed by atoms with van der Waals surface area (Å²) in [5.41, 5.74) is 5.79. The van der Waals surface area contributed by atoms with Gasteiger partial charge in [-0.1, -0.05) is 30.3 Å². The first-order valence-corrected chi connectivity index (χ1v) is 3.59. The molecule has 3 nitrogen and oxygen atoms in total. The molecule has 0 saturated heterocycles. The zero-order valence-electron chi connectivity index (χ0n) is 6.57. The number of hydrogen-bond donors (Lipinski definition) is 1. The van der Waals surface area contributed by atoms with Crippen LogP contribution in [-0.2, 0) is 4.74 Å². The number of amides is 1. The largest absolute Gasteiger partial charge is 0.449 e. The van der Waals surface area contributed by atoms with Crippen molar-refractivity contribution in [1.29, 1.82) is 0 Å². The molecule has 1 amide bonds. The van der Waals surface area contributed by atoms with E-state index >= 15 is 0 Å². The molecule has 0 saturated carbocycles. The molecule has 0 aliphatic carbocycles. The van der Waals surface area contributed by atoms with Crippen molar-refractivity contribution >= 4 is 6.09 Å². The van der Waals surface area contributed by atoms with E-state index in [9.17, 15) is 4.79 Å². The Morgan fingerprint density at radius 1 is 1.42 bits per heavy atom. The molecule has 1 rings (SSSR count). The van der Waals surface area contributed by atoms with Crippen LogP contribution in [0.3, 0.4) is 0 Å². The Bertz CT molecular complexity index is 246. The van der Waals surface area contributed by atoms with Crippen molar-refractivity contribution in [3.63, 3.8) is 0 Å². The molecule has 0 aromatic heterocycles. The van der Waals surface area contributed by atoms with E-state index in [1.54, 1.807) is 6.42 Å². The summed E-state index contributed by atoms with van der Waals surface area (Å²) in [4.78, 5) is 10.2. The van der Waals surface area contributed by atoms with Gasteiger partial charge in [-0.15, -0.1) is 0 Å². The second kappa shape index (κ2) is 4.38. The number of hydrogen-bond acceptors (Lipinski definition) is 2. The van der Waals surface area contributed by atoms with Crippen LogP contribution in [0.25, 0.3) is 0 Å². The summed E-state index contributed by atoms with van der Waals surface area (Å²) in [6.07, 6.45) is 1.03. The number of benzene rings is 1. The van der Waals surface area contributed by atoms with Crippen molar-refractivity contribution in [2.24, 2.45) is 5.73 Å². The predicted molar refractivity (Wildman–Crippen MR) is 45.4 cm³/mol. The number of primary amides is 1. The number of carbonyl (C=O) groups excluding carboxylic acids is 1. The van der Waals surface area contributed by atoms with E-state index in [1.807, 2.05) is 30.3 Å². The molecule has 0 spiro atoms. The molecule has 3 heteroatoms. The molecule has 2 N–H and O–H groups in total. The van der Waals surface area contributed by atoms with Crippen LogP contribution in [0.4, 0.5) is 4.79 Å². The summed E-state index contributed by atoms with van der Waals surface area (Å²) >= 11 is 0. The lowest BCUT2D eigenvalue weighted by molar-refractivity contribution is 0.166. The molecule has 0 bridgehead atoms. The number of rotatable bonds is 3.